The first-order valence-corrected chi connectivity index (χ1v) is 7.60. The van der Waals surface area contributed by atoms with Crippen molar-refractivity contribution in [1.29, 1.82) is 0 Å². The molecule has 1 aromatic rings. The predicted molar refractivity (Wildman–Crippen MR) is 81.5 cm³/mol. The number of β-amino-alcohol motifs (C(OH)–C–C–N with tert-alkyl or cyclic N) is 1. The standard InChI is InChI=1S/C15H23ClN2O2/c16-14-4-1-2-5-15(14)20-13-11-18-7-3-6-17(8-9-18)10-12-19/h1-2,4-5,19H,3,6-13H2. The van der Waals surface area contributed by atoms with Crippen molar-refractivity contribution in [1.82, 2.24) is 9.80 Å². The van der Waals surface area contributed by atoms with Gasteiger partial charge in [-0.05, 0) is 31.6 Å². The minimum absolute atomic E-state index is 0.246. The van der Waals surface area contributed by atoms with Gasteiger partial charge in [-0.15, -0.1) is 0 Å². The van der Waals surface area contributed by atoms with Crippen LogP contribution in [0.1, 0.15) is 6.42 Å². The van der Waals surface area contributed by atoms with Crippen molar-refractivity contribution in [3.63, 3.8) is 0 Å². The lowest BCUT2D eigenvalue weighted by Crippen LogP contribution is -2.34. The van der Waals surface area contributed by atoms with Crippen LogP contribution in [-0.4, -0.2) is 67.4 Å². The van der Waals surface area contributed by atoms with Crippen LogP contribution in [0.25, 0.3) is 0 Å². The van der Waals surface area contributed by atoms with E-state index >= 15 is 0 Å². The highest BCUT2D eigenvalue weighted by atomic mass is 35.5. The predicted octanol–water partition coefficient (Wildman–Crippen LogP) is 1.72. The molecule has 112 valence electrons. The highest BCUT2D eigenvalue weighted by Gasteiger charge is 2.14. The Morgan fingerprint density at radius 2 is 1.75 bits per heavy atom. The molecule has 0 aliphatic carbocycles. The normalized spacial score (nSPS) is 17.9. The summed E-state index contributed by atoms with van der Waals surface area (Å²) in [5.41, 5.74) is 0. The van der Waals surface area contributed by atoms with Gasteiger partial charge in [0.1, 0.15) is 12.4 Å². The molecule has 2 rings (SSSR count). The minimum atomic E-state index is 0.246. The molecule has 1 saturated heterocycles. The molecule has 4 nitrogen and oxygen atoms in total. The number of rotatable bonds is 6. The molecule has 0 atom stereocenters. The fraction of sp³-hybridized carbons (Fsp3) is 0.600. The smallest absolute Gasteiger partial charge is 0.137 e. The van der Waals surface area contributed by atoms with Crippen molar-refractivity contribution < 1.29 is 9.84 Å². The summed E-state index contributed by atoms with van der Waals surface area (Å²) < 4.78 is 5.73. The molecule has 1 fully saturated rings. The molecular weight excluding hydrogens is 276 g/mol. The molecule has 1 aliphatic rings. The third-order valence-corrected chi connectivity index (χ3v) is 3.91. The molecule has 1 aromatic carbocycles. The lowest BCUT2D eigenvalue weighted by atomic mass is 10.3. The van der Waals surface area contributed by atoms with E-state index in [1.807, 2.05) is 24.3 Å². The lowest BCUT2D eigenvalue weighted by molar-refractivity contribution is 0.188. The summed E-state index contributed by atoms with van der Waals surface area (Å²) in [6.45, 7) is 6.82. The van der Waals surface area contributed by atoms with Gasteiger partial charge in [0, 0.05) is 26.2 Å². The van der Waals surface area contributed by atoms with Crippen LogP contribution in [0.2, 0.25) is 5.02 Å². The quantitative estimate of drug-likeness (QED) is 0.867. The average molecular weight is 299 g/mol. The Hall–Kier alpha value is -0.810. The fourth-order valence-corrected chi connectivity index (χ4v) is 2.65. The highest BCUT2D eigenvalue weighted by Crippen LogP contribution is 2.22. The molecule has 20 heavy (non-hydrogen) atoms. The van der Waals surface area contributed by atoms with Crippen LogP contribution in [0.4, 0.5) is 0 Å². The zero-order valence-corrected chi connectivity index (χ0v) is 12.6. The van der Waals surface area contributed by atoms with Crippen molar-refractivity contribution in [2.75, 3.05) is 52.5 Å². The van der Waals surface area contributed by atoms with Gasteiger partial charge in [0.15, 0.2) is 0 Å². The number of hydrogen-bond acceptors (Lipinski definition) is 4. The Balaban J connectivity index is 1.70. The Morgan fingerprint density at radius 1 is 1.05 bits per heavy atom. The molecule has 5 heteroatoms. The summed E-state index contributed by atoms with van der Waals surface area (Å²) >= 11 is 6.06. The maximum Gasteiger partial charge on any atom is 0.137 e. The number of nitrogens with zero attached hydrogens (tertiary/aromatic N) is 2. The van der Waals surface area contributed by atoms with Gasteiger partial charge in [0.25, 0.3) is 0 Å². The van der Waals surface area contributed by atoms with Crippen molar-refractivity contribution in [3.8, 4) is 5.75 Å². The molecular formula is C15H23ClN2O2. The SMILES string of the molecule is OCCN1CCCN(CCOc2ccccc2Cl)CC1. The van der Waals surface area contributed by atoms with Gasteiger partial charge in [-0.2, -0.15) is 0 Å². The molecule has 0 spiro atoms. The molecule has 0 bridgehead atoms. The second kappa shape index (κ2) is 8.47. The van der Waals surface area contributed by atoms with Crippen LogP contribution in [0.3, 0.4) is 0 Å². The van der Waals surface area contributed by atoms with E-state index in [1.54, 1.807) is 0 Å². The maximum atomic E-state index is 8.98. The number of benzene rings is 1. The summed E-state index contributed by atoms with van der Waals surface area (Å²) in [6, 6.07) is 7.57. The van der Waals surface area contributed by atoms with E-state index in [-0.39, 0.29) is 6.61 Å². The van der Waals surface area contributed by atoms with Crippen molar-refractivity contribution >= 4 is 11.6 Å². The first-order valence-electron chi connectivity index (χ1n) is 7.22. The van der Waals surface area contributed by atoms with Crippen LogP contribution in [0.5, 0.6) is 5.75 Å². The number of hydrogen-bond donors (Lipinski definition) is 1. The second-order valence-corrected chi connectivity index (χ2v) is 5.45. The number of aliphatic hydroxyl groups is 1. The molecule has 1 heterocycles. The van der Waals surface area contributed by atoms with Crippen LogP contribution >= 0.6 is 11.6 Å². The number of para-hydroxylation sites is 1. The van der Waals surface area contributed by atoms with E-state index in [9.17, 15) is 0 Å². The third-order valence-electron chi connectivity index (χ3n) is 3.60. The number of ether oxygens (including phenoxy) is 1. The van der Waals surface area contributed by atoms with E-state index < -0.39 is 0 Å². The number of halogens is 1. The summed E-state index contributed by atoms with van der Waals surface area (Å²) in [5, 5.41) is 9.65. The van der Waals surface area contributed by atoms with Gasteiger partial charge in [0.2, 0.25) is 0 Å². The van der Waals surface area contributed by atoms with Crippen LogP contribution in [-0.2, 0) is 0 Å². The summed E-state index contributed by atoms with van der Waals surface area (Å²) in [7, 11) is 0. The van der Waals surface area contributed by atoms with Crippen LogP contribution in [0.15, 0.2) is 24.3 Å². The van der Waals surface area contributed by atoms with Crippen molar-refractivity contribution in [3.05, 3.63) is 29.3 Å². The maximum absolute atomic E-state index is 8.98. The summed E-state index contributed by atoms with van der Waals surface area (Å²) in [6.07, 6.45) is 1.14. The average Bonchev–Trinajstić information content (AvgIpc) is 2.67. The Bertz CT molecular complexity index is 403. The third kappa shape index (κ3) is 4.94. The van der Waals surface area contributed by atoms with Gasteiger partial charge < -0.3 is 9.84 Å². The topological polar surface area (TPSA) is 35.9 Å². The zero-order chi connectivity index (χ0) is 14.2. The summed E-state index contributed by atoms with van der Waals surface area (Å²) in [5.74, 6) is 0.755. The first-order chi connectivity index (χ1) is 9.79. The Labute approximate surface area is 125 Å². The van der Waals surface area contributed by atoms with Gasteiger partial charge in [-0.3, -0.25) is 9.80 Å². The molecule has 1 aliphatic heterocycles. The van der Waals surface area contributed by atoms with Gasteiger partial charge >= 0.3 is 0 Å². The minimum Gasteiger partial charge on any atom is -0.491 e. The zero-order valence-electron chi connectivity index (χ0n) is 11.8. The van der Waals surface area contributed by atoms with Crippen LogP contribution < -0.4 is 4.74 Å². The lowest BCUT2D eigenvalue weighted by Gasteiger charge is -2.21. The molecule has 0 amide bonds. The van der Waals surface area contributed by atoms with Crippen LogP contribution in [0, 0.1) is 0 Å². The molecule has 0 aromatic heterocycles. The second-order valence-electron chi connectivity index (χ2n) is 5.04. The van der Waals surface area contributed by atoms with E-state index in [0.717, 1.165) is 51.4 Å². The molecule has 0 unspecified atom stereocenters. The highest BCUT2D eigenvalue weighted by molar-refractivity contribution is 6.32. The molecule has 0 radical (unpaired) electrons. The monoisotopic (exact) mass is 298 g/mol. The van der Waals surface area contributed by atoms with E-state index in [0.29, 0.717) is 11.6 Å². The van der Waals surface area contributed by atoms with E-state index in [4.69, 9.17) is 21.4 Å². The first kappa shape index (κ1) is 15.6. The Kier molecular flexibility index (Phi) is 6.60. The summed E-state index contributed by atoms with van der Waals surface area (Å²) in [4.78, 5) is 4.73. The molecule has 1 N–H and O–H groups in total. The van der Waals surface area contributed by atoms with Gasteiger partial charge in [-0.25, -0.2) is 0 Å². The Morgan fingerprint density at radius 3 is 2.45 bits per heavy atom. The van der Waals surface area contributed by atoms with Crippen molar-refractivity contribution in [2.24, 2.45) is 0 Å². The van der Waals surface area contributed by atoms with E-state index in [2.05, 4.69) is 9.80 Å². The fourth-order valence-electron chi connectivity index (χ4n) is 2.46. The number of aliphatic hydroxyl groups excluding tert-OH is 1. The molecule has 0 saturated carbocycles. The largest absolute Gasteiger partial charge is 0.491 e. The van der Waals surface area contributed by atoms with Gasteiger partial charge in [0.05, 0.1) is 11.6 Å². The van der Waals surface area contributed by atoms with Gasteiger partial charge in [-0.1, -0.05) is 23.7 Å². The van der Waals surface area contributed by atoms with Crippen molar-refractivity contribution in [2.45, 2.75) is 6.42 Å². The van der Waals surface area contributed by atoms with E-state index in [1.165, 1.54) is 0 Å².